The Bertz CT molecular complexity index is 207. The van der Waals surface area contributed by atoms with Crippen molar-refractivity contribution in [1.82, 2.24) is 15.1 Å². The van der Waals surface area contributed by atoms with E-state index in [4.69, 9.17) is 0 Å². The Morgan fingerprint density at radius 1 is 1.23 bits per heavy atom. The molecular formula is C8H15Cl2N3. The van der Waals surface area contributed by atoms with Gasteiger partial charge in [-0.2, -0.15) is 5.10 Å². The molecule has 1 aliphatic heterocycles. The summed E-state index contributed by atoms with van der Waals surface area (Å²) in [5.41, 5.74) is 0. The van der Waals surface area contributed by atoms with Crippen LogP contribution in [0.1, 0.15) is 18.9 Å². The molecule has 0 spiro atoms. The first-order valence-electron chi connectivity index (χ1n) is 4.16. The van der Waals surface area contributed by atoms with Crippen LogP contribution in [0, 0.1) is 0 Å². The smallest absolute Gasteiger partial charge is 0.0543 e. The zero-order valence-electron chi connectivity index (χ0n) is 7.35. The van der Waals surface area contributed by atoms with Gasteiger partial charge in [0.15, 0.2) is 0 Å². The van der Waals surface area contributed by atoms with Gasteiger partial charge in [0.2, 0.25) is 0 Å². The average Bonchev–Trinajstić information content (AvgIpc) is 2.58. The molecule has 1 aliphatic rings. The summed E-state index contributed by atoms with van der Waals surface area (Å²) in [4.78, 5) is 0. The van der Waals surface area contributed by atoms with Gasteiger partial charge in [-0.15, -0.1) is 24.8 Å². The number of piperidine rings is 1. The van der Waals surface area contributed by atoms with Gasteiger partial charge in [0.05, 0.1) is 6.04 Å². The fraction of sp³-hybridized carbons (Fsp3) is 0.625. The van der Waals surface area contributed by atoms with E-state index in [9.17, 15) is 0 Å². The second kappa shape index (κ2) is 6.24. The van der Waals surface area contributed by atoms with Crippen LogP contribution in [-0.4, -0.2) is 22.9 Å². The standard InChI is InChI=1S/C8H13N3.2ClH/c1-4-10-11(7-1)8-2-5-9-6-3-8;;/h1,4,7-9H,2-3,5-6H2;2*1H. The van der Waals surface area contributed by atoms with Gasteiger partial charge in [-0.3, -0.25) is 4.68 Å². The second-order valence-corrected chi connectivity index (χ2v) is 2.97. The first-order valence-corrected chi connectivity index (χ1v) is 4.16. The SMILES string of the molecule is Cl.Cl.c1cnn(C2CCNCC2)c1. The fourth-order valence-corrected chi connectivity index (χ4v) is 1.57. The molecule has 1 aromatic heterocycles. The van der Waals surface area contributed by atoms with Crippen molar-refractivity contribution in [3.8, 4) is 0 Å². The number of aromatic nitrogens is 2. The Morgan fingerprint density at radius 3 is 2.46 bits per heavy atom. The highest BCUT2D eigenvalue weighted by atomic mass is 35.5. The predicted octanol–water partition coefficient (Wildman–Crippen LogP) is 1.65. The van der Waals surface area contributed by atoms with E-state index in [1.165, 1.54) is 12.8 Å². The molecule has 3 nitrogen and oxygen atoms in total. The third-order valence-corrected chi connectivity index (χ3v) is 2.21. The molecule has 5 heteroatoms. The molecule has 2 rings (SSSR count). The lowest BCUT2D eigenvalue weighted by Crippen LogP contribution is -2.29. The number of hydrogen-bond donors (Lipinski definition) is 1. The van der Waals surface area contributed by atoms with Gasteiger partial charge in [0.25, 0.3) is 0 Å². The number of rotatable bonds is 1. The van der Waals surface area contributed by atoms with Gasteiger partial charge >= 0.3 is 0 Å². The van der Waals surface area contributed by atoms with E-state index < -0.39 is 0 Å². The molecule has 13 heavy (non-hydrogen) atoms. The molecule has 0 aromatic carbocycles. The first-order chi connectivity index (χ1) is 5.47. The minimum atomic E-state index is 0. The monoisotopic (exact) mass is 223 g/mol. The van der Waals surface area contributed by atoms with Crippen LogP contribution in [0.15, 0.2) is 18.5 Å². The van der Waals surface area contributed by atoms with E-state index >= 15 is 0 Å². The maximum absolute atomic E-state index is 4.23. The lowest BCUT2D eigenvalue weighted by molar-refractivity contribution is 0.343. The molecule has 0 atom stereocenters. The molecule has 0 amide bonds. The van der Waals surface area contributed by atoms with Gasteiger partial charge in [-0.05, 0) is 32.0 Å². The van der Waals surface area contributed by atoms with E-state index in [1.54, 1.807) is 0 Å². The lowest BCUT2D eigenvalue weighted by atomic mass is 10.1. The number of hydrogen-bond acceptors (Lipinski definition) is 2. The van der Waals surface area contributed by atoms with Crippen LogP contribution in [0.4, 0.5) is 0 Å². The van der Waals surface area contributed by atoms with Crippen molar-refractivity contribution >= 4 is 24.8 Å². The maximum Gasteiger partial charge on any atom is 0.0543 e. The second-order valence-electron chi connectivity index (χ2n) is 2.97. The molecule has 2 heterocycles. The van der Waals surface area contributed by atoms with Gasteiger partial charge in [-0.1, -0.05) is 0 Å². The van der Waals surface area contributed by atoms with E-state index in [1.807, 2.05) is 12.3 Å². The zero-order valence-corrected chi connectivity index (χ0v) is 8.98. The molecule has 1 aromatic rings. The highest BCUT2D eigenvalue weighted by Gasteiger charge is 2.13. The molecule has 76 valence electrons. The first kappa shape index (κ1) is 12.8. The molecule has 0 bridgehead atoms. The van der Waals surface area contributed by atoms with Crippen molar-refractivity contribution in [3.05, 3.63) is 18.5 Å². The van der Waals surface area contributed by atoms with Crippen LogP contribution in [0.5, 0.6) is 0 Å². The maximum atomic E-state index is 4.23. The van der Waals surface area contributed by atoms with Gasteiger partial charge in [-0.25, -0.2) is 0 Å². The van der Waals surface area contributed by atoms with Crippen LogP contribution >= 0.6 is 24.8 Å². The molecular weight excluding hydrogens is 209 g/mol. The Kier molecular flexibility index (Phi) is 6.12. The Labute approximate surface area is 90.7 Å². The minimum Gasteiger partial charge on any atom is -0.317 e. The molecule has 0 aliphatic carbocycles. The quantitative estimate of drug-likeness (QED) is 0.786. The molecule has 0 radical (unpaired) electrons. The zero-order chi connectivity index (χ0) is 7.52. The van der Waals surface area contributed by atoms with Crippen molar-refractivity contribution in [2.24, 2.45) is 0 Å². The van der Waals surface area contributed by atoms with E-state index in [-0.39, 0.29) is 24.8 Å². The summed E-state index contributed by atoms with van der Waals surface area (Å²) in [7, 11) is 0. The van der Waals surface area contributed by atoms with Crippen molar-refractivity contribution < 1.29 is 0 Å². The van der Waals surface area contributed by atoms with E-state index in [0.29, 0.717) is 6.04 Å². The summed E-state index contributed by atoms with van der Waals surface area (Å²) >= 11 is 0. The molecule has 0 unspecified atom stereocenters. The lowest BCUT2D eigenvalue weighted by Gasteiger charge is -2.22. The van der Waals surface area contributed by atoms with Crippen molar-refractivity contribution in [2.75, 3.05) is 13.1 Å². The minimum absolute atomic E-state index is 0. The fourth-order valence-electron chi connectivity index (χ4n) is 1.57. The molecule has 1 fully saturated rings. The van der Waals surface area contributed by atoms with Crippen LogP contribution in [0.3, 0.4) is 0 Å². The largest absolute Gasteiger partial charge is 0.317 e. The summed E-state index contributed by atoms with van der Waals surface area (Å²) in [6.07, 6.45) is 6.32. The van der Waals surface area contributed by atoms with Gasteiger partial charge in [0, 0.05) is 12.4 Å². The number of halogens is 2. The Balaban J connectivity index is 0.000000720. The summed E-state index contributed by atoms with van der Waals surface area (Å²) in [6.45, 7) is 2.26. The van der Waals surface area contributed by atoms with Crippen LogP contribution in [-0.2, 0) is 0 Å². The molecule has 0 saturated carbocycles. The summed E-state index contributed by atoms with van der Waals surface area (Å²) in [6, 6.07) is 2.62. The van der Waals surface area contributed by atoms with Crippen LogP contribution in [0.2, 0.25) is 0 Å². The molecule has 1 saturated heterocycles. The third kappa shape index (κ3) is 3.18. The van der Waals surface area contributed by atoms with Crippen LogP contribution in [0.25, 0.3) is 0 Å². The number of nitrogens with zero attached hydrogens (tertiary/aromatic N) is 2. The topological polar surface area (TPSA) is 29.9 Å². The summed E-state index contributed by atoms with van der Waals surface area (Å²) < 4.78 is 2.07. The summed E-state index contributed by atoms with van der Waals surface area (Å²) in [5, 5.41) is 7.56. The summed E-state index contributed by atoms with van der Waals surface area (Å²) in [5.74, 6) is 0. The van der Waals surface area contributed by atoms with E-state index in [2.05, 4.69) is 21.3 Å². The van der Waals surface area contributed by atoms with Crippen molar-refractivity contribution in [1.29, 1.82) is 0 Å². The normalized spacial score (nSPS) is 17.2. The van der Waals surface area contributed by atoms with Crippen molar-refractivity contribution in [2.45, 2.75) is 18.9 Å². The predicted molar refractivity (Wildman–Crippen MR) is 57.9 cm³/mol. The number of nitrogens with one attached hydrogen (secondary N) is 1. The van der Waals surface area contributed by atoms with Gasteiger partial charge in [0.1, 0.15) is 0 Å². The van der Waals surface area contributed by atoms with Gasteiger partial charge < -0.3 is 5.32 Å². The average molecular weight is 224 g/mol. The third-order valence-electron chi connectivity index (χ3n) is 2.21. The molecule has 1 N–H and O–H groups in total. The highest BCUT2D eigenvalue weighted by molar-refractivity contribution is 5.85. The van der Waals surface area contributed by atoms with Crippen LogP contribution < -0.4 is 5.32 Å². The highest BCUT2D eigenvalue weighted by Crippen LogP contribution is 2.16. The van der Waals surface area contributed by atoms with E-state index in [0.717, 1.165) is 13.1 Å². The Hall–Kier alpha value is -0.250. The Morgan fingerprint density at radius 2 is 1.92 bits per heavy atom. The van der Waals surface area contributed by atoms with Crippen molar-refractivity contribution in [3.63, 3.8) is 0 Å².